The molecule has 132 valence electrons. The van der Waals surface area contributed by atoms with Crippen LogP contribution in [0.5, 0.6) is 0 Å². The second-order valence-corrected chi connectivity index (χ2v) is 8.55. The summed E-state index contributed by atoms with van der Waals surface area (Å²) in [6.07, 6.45) is -4.06. The number of rotatable bonds is 6. The van der Waals surface area contributed by atoms with E-state index in [4.69, 9.17) is 0 Å². The minimum absolute atomic E-state index is 0.267. The summed E-state index contributed by atoms with van der Waals surface area (Å²) in [6, 6.07) is 8.20. The fourth-order valence-corrected chi connectivity index (χ4v) is 6.16. The van der Waals surface area contributed by atoms with Gasteiger partial charge >= 0.3 is 12.1 Å². The van der Waals surface area contributed by atoms with E-state index in [1.807, 2.05) is 0 Å². The van der Waals surface area contributed by atoms with Crippen molar-refractivity contribution >= 4 is 35.8 Å². The summed E-state index contributed by atoms with van der Waals surface area (Å²) in [5, 5.41) is 9.47. The first-order chi connectivity index (χ1) is 11.3. The molecule has 2 rings (SSSR count). The van der Waals surface area contributed by atoms with E-state index in [0.29, 0.717) is 29.8 Å². The highest BCUT2D eigenvalue weighted by Gasteiger charge is 2.60. The number of carboxylic acid groups (broad SMARTS) is 1. The summed E-state index contributed by atoms with van der Waals surface area (Å²) in [5.41, 5.74) is 0.506. The van der Waals surface area contributed by atoms with E-state index >= 15 is 0 Å². The third kappa shape index (κ3) is 4.27. The molecule has 3 nitrogen and oxygen atoms in total. The second kappa shape index (κ2) is 7.82. The lowest BCUT2D eigenvalue weighted by atomic mass is 9.83. The molecular weight excluding hydrogens is 361 g/mol. The molecule has 0 bridgehead atoms. The third-order valence-electron chi connectivity index (χ3n) is 3.91. The fourth-order valence-electron chi connectivity index (χ4n) is 2.84. The minimum atomic E-state index is -4.78. The predicted octanol–water partition coefficient (Wildman–Crippen LogP) is 3.87. The lowest BCUT2D eigenvalue weighted by Gasteiger charge is -2.41. The van der Waals surface area contributed by atoms with Crippen LogP contribution in [-0.4, -0.2) is 39.1 Å². The molecule has 2 unspecified atom stereocenters. The van der Waals surface area contributed by atoms with Crippen LogP contribution in [0.25, 0.3) is 0 Å². The van der Waals surface area contributed by atoms with Gasteiger partial charge in [-0.15, -0.1) is 23.5 Å². The van der Waals surface area contributed by atoms with Crippen LogP contribution < -0.4 is 0 Å². The van der Waals surface area contributed by atoms with E-state index in [9.17, 15) is 27.9 Å². The SMILES string of the molecule is O=CC1(C(C(Cc2ccccc2)C(=O)O)C(F)(F)F)SCCCS1. The quantitative estimate of drug-likeness (QED) is 0.762. The molecule has 1 aliphatic heterocycles. The zero-order valence-electron chi connectivity index (χ0n) is 12.7. The van der Waals surface area contributed by atoms with Gasteiger partial charge in [0.2, 0.25) is 0 Å². The molecule has 1 fully saturated rings. The molecule has 0 spiro atoms. The van der Waals surface area contributed by atoms with Gasteiger partial charge in [0.25, 0.3) is 0 Å². The maximum absolute atomic E-state index is 13.8. The van der Waals surface area contributed by atoms with Gasteiger partial charge < -0.3 is 9.90 Å². The molecule has 1 aromatic carbocycles. The molecule has 0 saturated carbocycles. The molecule has 0 aromatic heterocycles. The molecular formula is C16H17F3O3S2. The average molecular weight is 378 g/mol. The normalized spacial score (nSPS) is 20.1. The van der Waals surface area contributed by atoms with Gasteiger partial charge in [-0.1, -0.05) is 30.3 Å². The third-order valence-corrected chi connectivity index (χ3v) is 7.21. The molecule has 1 saturated heterocycles. The summed E-state index contributed by atoms with van der Waals surface area (Å²) in [4.78, 5) is 23.3. The minimum Gasteiger partial charge on any atom is -0.481 e. The van der Waals surface area contributed by atoms with Gasteiger partial charge in [-0.2, -0.15) is 13.2 Å². The van der Waals surface area contributed by atoms with Crippen LogP contribution in [-0.2, 0) is 16.0 Å². The average Bonchev–Trinajstić information content (AvgIpc) is 2.54. The highest BCUT2D eigenvalue weighted by Crippen LogP contribution is 2.54. The van der Waals surface area contributed by atoms with Gasteiger partial charge in [-0.3, -0.25) is 4.79 Å². The Hall–Kier alpha value is -1.15. The number of hydrogen-bond acceptors (Lipinski definition) is 4. The number of carbonyl (C=O) groups excluding carboxylic acids is 1. The zero-order valence-corrected chi connectivity index (χ0v) is 14.3. The van der Waals surface area contributed by atoms with Gasteiger partial charge in [0.1, 0.15) is 10.4 Å². The first kappa shape index (κ1) is 19.2. The standard InChI is InChI=1S/C16H17F3O3S2/c17-16(18,19)13(15(10-20)23-7-4-8-24-15)12(14(21)22)9-11-5-2-1-3-6-11/h1-3,5-6,10,12-13H,4,7-9H2,(H,21,22). The fraction of sp³-hybridized carbons (Fsp3) is 0.500. The lowest BCUT2D eigenvalue weighted by molar-refractivity contribution is -0.198. The van der Waals surface area contributed by atoms with Crippen LogP contribution in [0.3, 0.4) is 0 Å². The van der Waals surface area contributed by atoms with Crippen molar-refractivity contribution in [1.29, 1.82) is 0 Å². The molecule has 8 heteroatoms. The molecule has 0 aliphatic carbocycles. The molecule has 24 heavy (non-hydrogen) atoms. The first-order valence-corrected chi connectivity index (χ1v) is 9.35. The van der Waals surface area contributed by atoms with Crippen molar-refractivity contribution in [2.24, 2.45) is 11.8 Å². The van der Waals surface area contributed by atoms with E-state index in [-0.39, 0.29) is 6.42 Å². The van der Waals surface area contributed by atoms with Crippen molar-refractivity contribution in [3.8, 4) is 0 Å². The number of carboxylic acids is 1. The van der Waals surface area contributed by atoms with Crippen molar-refractivity contribution in [3.05, 3.63) is 35.9 Å². The summed E-state index contributed by atoms with van der Waals surface area (Å²) >= 11 is 1.83. The molecule has 2 atom stereocenters. The Morgan fingerprint density at radius 3 is 2.29 bits per heavy atom. The Morgan fingerprint density at radius 2 is 1.83 bits per heavy atom. The molecule has 1 aromatic rings. The number of carbonyl (C=O) groups is 2. The summed E-state index contributed by atoms with van der Waals surface area (Å²) in [5.74, 6) is -4.66. The Balaban J connectivity index is 2.43. The number of alkyl halides is 3. The van der Waals surface area contributed by atoms with Crippen molar-refractivity contribution in [2.45, 2.75) is 23.1 Å². The van der Waals surface area contributed by atoms with Crippen molar-refractivity contribution in [2.75, 3.05) is 11.5 Å². The van der Waals surface area contributed by atoms with Gasteiger partial charge in [-0.25, -0.2) is 0 Å². The van der Waals surface area contributed by atoms with Crippen LogP contribution in [0.2, 0.25) is 0 Å². The number of thioether (sulfide) groups is 2. The maximum Gasteiger partial charge on any atom is 0.395 e. The molecule has 1 N–H and O–H groups in total. The van der Waals surface area contributed by atoms with Crippen molar-refractivity contribution in [1.82, 2.24) is 0 Å². The summed E-state index contributed by atoms with van der Waals surface area (Å²) < 4.78 is 39.6. The van der Waals surface area contributed by atoms with E-state index < -0.39 is 28.1 Å². The Morgan fingerprint density at radius 1 is 1.25 bits per heavy atom. The highest BCUT2D eigenvalue weighted by molar-refractivity contribution is 8.19. The Labute approximate surface area is 146 Å². The van der Waals surface area contributed by atoms with Crippen molar-refractivity contribution in [3.63, 3.8) is 0 Å². The van der Waals surface area contributed by atoms with Gasteiger partial charge in [0, 0.05) is 0 Å². The molecule has 1 heterocycles. The molecule has 1 aliphatic rings. The number of aldehydes is 1. The Kier molecular flexibility index (Phi) is 6.25. The topological polar surface area (TPSA) is 54.4 Å². The van der Waals surface area contributed by atoms with Crippen molar-refractivity contribution < 1.29 is 27.9 Å². The van der Waals surface area contributed by atoms with Crippen LogP contribution in [0, 0.1) is 11.8 Å². The van der Waals surface area contributed by atoms with Gasteiger partial charge in [0.05, 0.1) is 11.8 Å². The van der Waals surface area contributed by atoms with E-state index in [2.05, 4.69) is 0 Å². The maximum atomic E-state index is 13.8. The highest BCUT2D eigenvalue weighted by atomic mass is 32.2. The number of benzene rings is 1. The smallest absolute Gasteiger partial charge is 0.395 e. The van der Waals surface area contributed by atoms with Crippen LogP contribution in [0.1, 0.15) is 12.0 Å². The van der Waals surface area contributed by atoms with E-state index in [0.717, 1.165) is 23.5 Å². The number of halogens is 3. The van der Waals surface area contributed by atoms with Gasteiger partial charge in [0.15, 0.2) is 0 Å². The largest absolute Gasteiger partial charge is 0.481 e. The van der Waals surface area contributed by atoms with Gasteiger partial charge in [-0.05, 0) is 29.9 Å². The lowest BCUT2D eigenvalue weighted by Crippen LogP contribution is -2.51. The summed E-state index contributed by atoms with van der Waals surface area (Å²) in [6.45, 7) is 0. The first-order valence-electron chi connectivity index (χ1n) is 7.38. The van der Waals surface area contributed by atoms with Crippen LogP contribution >= 0.6 is 23.5 Å². The predicted molar refractivity (Wildman–Crippen MR) is 89.1 cm³/mol. The Bertz CT molecular complexity index is 572. The zero-order chi connectivity index (χ0) is 17.8. The number of aliphatic carboxylic acids is 1. The second-order valence-electron chi connectivity index (χ2n) is 5.54. The molecule has 0 radical (unpaired) electrons. The summed E-state index contributed by atoms with van der Waals surface area (Å²) in [7, 11) is 0. The van der Waals surface area contributed by atoms with E-state index in [1.54, 1.807) is 30.3 Å². The molecule has 0 amide bonds. The van der Waals surface area contributed by atoms with E-state index in [1.165, 1.54) is 0 Å². The van der Waals surface area contributed by atoms with Crippen LogP contribution in [0.4, 0.5) is 13.2 Å². The van der Waals surface area contributed by atoms with Crippen LogP contribution in [0.15, 0.2) is 30.3 Å². The monoisotopic (exact) mass is 378 g/mol. The number of hydrogen-bond donors (Lipinski definition) is 1.